The Morgan fingerprint density at radius 1 is 1.38 bits per heavy atom. The molecule has 4 amide bonds. The van der Waals surface area contributed by atoms with Crippen molar-refractivity contribution in [2.24, 2.45) is 0 Å². The highest BCUT2D eigenvalue weighted by Crippen LogP contribution is 2.29. The molecule has 0 aromatic carbocycles. The monoisotopic (exact) mass is 347 g/mol. The highest BCUT2D eigenvalue weighted by molar-refractivity contribution is 7.09. The first-order valence-electron chi connectivity index (χ1n) is 7.36. The Hall–Kier alpha value is -2.61. The Morgan fingerprint density at radius 3 is 2.79 bits per heavy atom. The predicted molar refractivity (Wildman–Crippen MR) is 87.1 cm³/mol. The summed E-state index contributed by atoms with van der Waals surface area (Å²) in [5, 5.41) is 4.53. The van der Waals surface area contributed by atoms with Crippen LogP contribution in [0.5, 0.6) is 0 Å². The number of nitrogens with one attached hydrogen (secondary N) is 1. The molecule has 126 valence electrons. The Morgan fingerprint density at radius 2 is 2.17 bits per heavy atom. The fourth-order valence-electron chi connectivity index (χ4n) is 2.55. The van der Waals surface area contributed by atoms with Gasteiger partial charge in [-0.05, 0) is 30.5 Å². The molecule has 3 heterocycles. The van der Waals surface area contributed by atoms with Gasteiger partial charge >= 0.3 is 6.03 Å². The molecule has 1 aliphatic rings. The van der Waals surface area contributed by atoms with Gasteiger partial charge in [-0.1, -0.05) is 6.07 Å². The molecule has 1 N–H and O–H groups in total. The number of likely N-dealkylation sites (N-methyl/N-ethyl adjacent to an activating group) is 1. The van der Waals surface area contributed by atoms with E-state index in [9.17, 15) is 14.4 Å². The van der Waals surface area contributed by atoms with Crippen LogP contribution in [0.3, 0.4) is 0 Å². The van der Waals surface area contributed by atoms with Crippen LogP contribution < -0.4 is 5.32 Å². The van der Waals surface area contributed by atoms with Gasteiger partial charge in [-0.15, -0.1) is 11.3 Å². The van der Waals surface area contributed by atoms with Crippen LogP contribution in [0.25, 0.3) is 0 Å². The third kappa shape index (κ3) is 2.80. The molecule has 0 radical (unpaired) electrons. The Bertz CT molecular complexity index is 756. The van der Waals surface area contributed by atoms with Crippen molar-refractivity contribution < 1.29 is 18.8 Å². The molecule has 1 saturated heterocycles. The van der Waals surface area contributed by atoms with Gasteiger partial charge in [0.2, 0.25) is 5.91 Å². The van der Waals surface area contributed by atoms with E-state index in [1.807, 2.05) is 17.5 Å². The van der Waals surface area contributed by atoms with E-state index in [1.54, 1.807) is 37.4 Å². The summed E-state index contributed by atoms with van der Waals surface area (Å²) in [6, 6.07) is 6.49. The quantitative estimate of drug-likeness (QED) is 0.836. The number of thiophene rings is 1. The van der Waals surface area contributed by atoms with E-state index in [4.69, 9.17) is 4.42 Å². The second kappa shape index (κ2) is 6.12. The van der Waals surface area contributed by atoms with Crippen molar-refractivity contribution in [1.29, 1.82) is 0 Å². The number of hydrogen-bond donors (Lipinski definition) is 1. The average Bonchev–Trinajstić information content (AvgIpc) is 3.27. The van der Waals surface area contributed by atoms with Crippen molar-refractivity contribution in [3.05, 3.63) is 46.5 Å². The maximum Gasteiger partial charge on any atom is 0.325 e. The van der Waals surface area contributed by atoms with E-state index in [1.165, 1.54) is 11.2 Å². The van der Waals surface area contributed by atoms with E-state index >= 15 is 0 Å². The van der Waals surface area contributed by atoms with Gasteiger partial charge in [0, 0.05) is 11.9 Å². The van der Waals surface area contributed by atoms with E-state index < -0.39 is 17.5 Å². The molecule has 0 spiro atoms. The molecule has 0 saturated carbocycles. The molecule has 0 bridgehead atoms. The van der Waals surface area contributed by atoms with Crippen LogP contribution in [0.4, 0.5) is 4.79 Å². The molecular weight excluding hydrogens is 330 g/mol. The maximum absolute atomic E-state index is 12.6. The van der Waals surface area contributed by atoms with Crippen LogP contribution in [0.15, 0.2) is 40.3 Å². The van der Waals surface area contributed by atoms with Gasteiger partial charge in [0.25, 0.3) is 5.91 Å². The summed E-state index contributed by atoms with van der Waals surface area (Å²) in [5.74, 6) is -0.473. The maximum atomic E-state index is 12.6. The summed E-state index contributed by atoms with van der Waals surface area (Å²) in [7, 11) is 1.65. The van der Waals surface area contributed by atoms with Crippen molar-refractivity contribution in [2.45, 2.75) is 19.0 Å². The molecule has 0 aliphatic carbocycles. The molecule has 8 heteroatoms. The summed E-state index contributed by atoms with van der Waals surface area (Å²) < 4.78 is 5.25. The number of carbonyl (C=O) groups is 3. The first kappa shape index (κ1) is 16.3. The van der Waals surface area contributed by atoms with Crippen LogP contribution in [-0.2, 0) is 21.7 Å². The van der Waals surface area contributed by atoms with Crippen molar-refractivity contribution >= 4 is 29.2 Å². The van der Waals surface area contributed by atoms with Gasteiger partial charge in [0.15, 0.2) is 5.54 Å². The SMILES string of the molecule is CN(Cc1cccs1)C(=O)CN1C(=O)NC(C)(c2ccco2)C1=O. The number of carbonyl (C=O) groups excluding carboxylic acids is 3. The Kier molecular flexibility index (Phi) is 4.15. The number of furan rings is 1. The molecule has 1 unspecified atom stereocenters. The lowest BCUT2D eigenvalue weighted by Crippen LogP contribution is -2.43. The zero-order valence-electron chi connectivity index (χ0n) is 13.3. The molecule has 7 nitrogen and oxygen atoms in total. The van der Waals surface area contributed by atoms with Gasteiger partial charge in [0.05, 0.1) is 12.8 Å². The van der Waals surface area contributed by atoms with Crippen molar-refractivity contribution in [3.63, 3.8) is 0 Å². The molecule has 1 fully saturated rings. The predicted octanol–water partition coefficient (Wildman–Crippen LogP) is 1.77. The van der Waals surface area contributed by atoms with E-state index in [-0.39, 0.29) is 12.5 Å². The number of imide groups is 1. The molecule has 1 atom stereocenters. The first-order chi connectivity index (χ1) is 11.4. The topological polar surface area (TPSA) is 82.9 Å². The lowest BCUT2D eigenvalue weighted by atomic mass is 9.99. The van der Waals surface area contributed by atoms with Gasteiger partial charge in [-0.3, -0.25) is 14.5 Å². The summed E-state index contributed by atoms with van der Waals surface area (Å²) in [4.78, 5) is 40.6. The minimum atomic E-state index is -1.28. The standard InChI is InChI=1S/C16H17N3O4S/c1-16(12-6-3-7-23-12)14(21)19(15(22)17-16)10-13(20)18(2)9-11-5-4-8-24-11/h3-8H,9-10H2,1-2H3,(H,17,22). The lowest BCUT2D eigenvalue weighted by Gasteiger charge is -2.21. The molecule has 1 aliphatic heterocycles. The van der Waals surface area contributed by atoms with Crippen molar-refractivity contribution in [2.75, 3.05) is 13.6 Å². The second-order valence-corrected chi connectivity index (χ2v) is 6.79. The van der Waals surface area contributed by atoms with Crippen LogP contribution in [-0.4, -0.2) is 41.2 Å². The smallest absolute Gasteiger partial charge is 0.325 e. The van der Waals surface area contributed by atoms with Gasteiger partial charge in [-0.25, -0.2) is 4.79 Å². The minimum absolute atomic E-state index is 0.303. The zero-order chi connectivity index (χ0) is 17.3. The fourth-order valence-corrected chi connectivity index (χ4v) is 3.31. The Labute approximate surface area is 142 Å². The fraction of sp³-hybridized carbons (Fsp3) is 0.312. The molecule has 2 aromatic rings. The van der Waals surface area contributed by atoms with Crippen LogP contribution in [0.2, 0.25) is 0 Å². The third-order valence-electron chi connectivity index (χ3n) is 3.98. The molecule has 2 aromatic heterocycles. The number of nitrogens with zero attached hydrogens (tertiary/aromatic N) is 2. The minimum Gasteiger partial charge on any atom is -0.466 e. The highest BCUT2D eigenvalue weighted by Gasteiger charge is 2.51. The number of amides is 4. The van der Waals surface area contributed by atoms with Crippen LogP contribution in [0.1, 0.15) is 17.6 Å². The summed E-state index contributed by atoms with van der Waals surface area (Å²) >= 11 is 1.54. The Balaban J connectivity index is 1.70. The number of rotatable bonds is 5. The van der Waals surface area contributed by atoms with E-state index in [0.717, 1.165) is 9.78 Å². The zero-order valence-corrected chi connectivity index (χ0v) is 14.1. The lowest BCUT2D eigenvalue weighted by molar-refractivity contribution is -0.138. The molecule has 24 heavy (non-hydrogen) atoms. The normalized spacial score (nSPS) is 20.3. The molecule has 3 rings (SSSR count). The van der Waals surface area contributed by atoms with Crippen molar-refractivity contribution in [1.82, 2.24) is 15.1 Å². The first-order valence-corrected chi connectivity index (χ1v) is 8.24. The van der Waals surface area contributed by atoms with Gasteiger partial charge < -0.3 is 14.6 Å². The molecular formula is C16H17N3O4S. The average molecular weight is 347 g/mol. The van der Waals surface area contributed by atoms with Crippen LogP contribution >= 0.6 is 11.3 Å². The number of urea groups is 1. The summed E-state index contributed by atoms with van der Waals surface area (Å²) in [6.45, 7) is 1.70. The highest BCUT2D eigenvalue weighted by atomic mass is 32.1. The third-order valence-corrected chi connectivity index (χ3v) is 4.84. The van der Waals surface area contributed by atoms with Crippen molar-refractivity contribution in [3.8, 4) is 0 Å². The summed E-state index contributed by atoms with van der Waals surface area (Å²) in [6.07, 6.45) is 1.43. The van der Waals surface area contributed by atoms with E-state index in [0.29, 0.717) is 12.3 Å². The number of hydrogen-bond acceptors (Lipinski definition) is 5. The van der Waals surface area contributed by atoms with Crippen LogP contribution in [0, 0.1) is 0 Å². The van der Waals surface area contributed by atoms with Gasteiger partial charge in [0.1, 0.15) is 12.3 Å². The summed E-state index contributed by atoms with van der Waals surface area (Å²) in [5.41, 5.74) is -1.28. The second-order valence-electron chi connectivity index (χ2n) is 5.75. The van der Waals surface area contributed by atoms with E-state index in [2.05, 4.69) is 5.32 Å². The largest absolute Gasteiger partial charge is 0.466 e. The van der Waals surface area contributed by atoms with Gasteiger partial charge in [-0.2, -0.15) is 0 Å².